The van der Waals surface area contributed by atoms with Crippen molar-refractivity contribution in [3.8, 4) is 0 Å². The molecule has 0 aliphatic heterocycles. The van der Waals surface area contributed by atoms with Gasteiger partial charge in [-0.2, -0.15) is 0 Å². The van der Waals surface area contributed by atoms with Gasteiger partial charge in [0.1, 0.15) is 5.69 Å². The summed E-state index contributed by atoms with van der Waals surface area (Å²) in [7, 11) is 3.11. The summed E-state index contributed by atoms with van der Waals surface area (Å²) in [6.07, 6.45) is 0.544. The summed E-state index contributed by atoms with van der Waals surface area (Å²) in [4.78, 5) is 12.7. The van der Waals surface area contributed by atoms with E-state index in [1.807, 2.05) is 6.92 Å². The zero-order valence-electron chi connectivity index (χ0n) is 14.6. The molecule has 0 aliphatic carbocycles. The molecule has 0 bridgehead atoms. The largest absolute Gasteiger partial charge is 0.354 e. The van der Waals surface area contributed by atoms with Gasteiger partial charge in [-0.15, -0.1) is 0 Å². The Balaban J connectivity index is 2.39. The molecular weight excluding hydrogens is 292 g/mol. The number of carbonyl (C=O) groups excluding carboxylic acids is 1. The molecule has 0 spiro atoms. The van der Waals surface area contributed by atoms with Gasteiger partial charge < -0.3 is 19.4 Å². The van der Waals surface area contributed by atoms with Gasteiger partial charge in [-0.05, 0) is 43.5 Å². The fourth-order valence-electron chi connectivity index (χ4n) is 2.93. The van der Waals surface area contributed by atoms with Crippen molar-refractivity contribution in [1.82, 2.24) is 9.88 Å². The van der Waals surface area contributed by atoms with Crippen LogP contribution in [0.4, 0.5) is 0 Å². The van der Waals surface area contributed by atoms with Gasteiger partial charge >= 0.3 is 0 Å². The summed E-state index contributed by atoms with van der Waals surface area (Å²) >= 11 is 0. The molecule has 1 aromatic heterocycles. The Morgan fingerprint density at radius 2 is 1.96 bits per heavy atom. The number of fused-ring (bicyclic) bond motifs is 1. The standard InChI is InChI=1S/C18H26N2O3/c1-6-13-8-9-15-14(10-13)12(3)17(20(15)7-2)18(21)19-11-16(22-4)23-5/h8-10,16H,6-7,11H2,1-5H3,(H,19,21). The molecule has 1 amide bonds. The minimum absolute atomic E-state index is 0.0994. The number of aryl methyl sites for hydroxylation is 3. The van der Waals surface area contributed by atoms with Gasteiger partial charge in [-0.3, -0.25) is 4.79 Å². The second-order valence-corrected chi connectivity index (χ2v) is 5.53. The molecule has 1 aromatic carbocycles. The summed E-state index contributed by atoms with van der Waals surface area (Å²) < 4.78 is 12.3. The highest BCUT2D eigenvalue weighted by atomic mass is 16.7. The molecule has 0 saturated heterocycles. The number of nitrogens with one attached hydrogen (secondary N) is 1. The van der Waals surface area contributed by atoms with Gasteiger partial charge in [0.05, 0.1) is 6.54 Å². The van der Waals surface area contributed by atoms with E-state index in [4.69, 9.17) is 9.47 Å². The van der Waals surface area contributed by atoms with Crippen molar-refractivity contribution >= 4 is 16.8 Å². The zero-order chi connectivity index (χ0) is 17.0. The van der Waals surface area contributed by atoms with Crippen LogP contribution in [0.25, 0.3) is 10.9 Å². The number of ether oxygens (including phenoxy) is 2. The molecule has 0 fully saturated rings. The molecule has 0 radical (unpaired) electrons. The number of benzene rings is 1. The van der Waals surface area contributed by atoms with Crippen LogP contribution >= 0.6 is 0 Å². The van der Waals surface area contributed by atoms with E-state index in [-0.39, 0.29) is 5.91 Å². The van der Waals surface area contributed by atoms with Crippen molar-refractivity contribution in [3.63, 3.8) is 0 Å². The highest BCUT2D eigenvalue weighted by Gasteiger charge is 2.20. The van der Waals surface area contributed by atoms with Crippen molar-refractivity contribution in [2.45, 2.75) is 40.0 Å². The van der Waals surface area contributed by atoms with E-state index in [9.17, 15) is 4.79 Å². The minimum atomic E-state index is -0.439. The number of rotatable bonds is 7. The Kier molecular flexibility index (Phi) is 5.80. The smallest absolute Gasteiger partial charge is 0.268 e. The predicted octanol–water partition coefficient (Wildman–Crippen LogP) is 2.88. The first-order valence-corrected chi connectivity index (χ1v) is 8.02. The molecule has 126 valence electrons. The number of hydrogen-bond acceptors (Lipinski definition) is 3. The topological polar surface area (TPSA) is 52.5 Å². The lowest BCUT2D eigenvalue weighted by Crippen LogP contribution is -2.35. The fourth-order valence-corrected chi connectivity index (χ4v) is 2.93. The van der Waals surface area contributed by atoms with E-state index < -0.39 is 6.29 Å². The van der Waals surface area contributed by atoms with Gasteiger partial charge in [-0.1, -0.05) is 13.0 Å². The molecule has 1 heterocycles. The summed E-state index contributed by atoms with van der Waals surface area (Å²) in [5.41, 5.74) is 4.10. The van der Waals surface area contributed by atoms with Crippen molar-refractivity contribution in [1.29, 1.82) is 0 Å². The number of amides is 1. The highest BCUT2D eigenvalue weighted by Crippen LogP contribution is 2.27. The van der Waals surface area contributed by atoms with Crippen molar-refractivity contribution in [3.05, 3.63) is 35.0 Å². The maximum atomic E-state index is 12.7. The average molecular weight is 318 g/mol. The monoisotopic (exact) mass is 318 g/mol. The van der Waals surface area contributed by atoms with E-state index in [1.165, 1.54) is 5.56 Å². The fraction of sp³-hybridized carbons (Fsp3) is 0.500. The number of nitrogens with zero attached hydrogens (tertiary/aromatic N) is 1. The molecule has 2 rings (SSSR count). The molecule has 0 atom stereocenters. The van der Waals surface area contributed by atoms with Crippen LogP contribution in [0, 0.1) is 6.92 Å². The lowest BCUT2D eigenvalue weighted by molar-refractivity contribution is -0.0974. The number of methoxy groups -OCH3 is 2. The van der Waals surface area contributed by atoms with Crippen LogP contribution in [0.15, 0.2) is 18.2 Å². The Labute approximate surface area is 137 Å². The second kappa shape index (κ2) is 7.62. The minimum Gasteiger partial charge on any atom is -0.354 e. The summed E-state index contributed by atoms with van der Waals surface area (Å²) in [5.74, 6) is -0.0994. The predicted molar refractivity (Wildman–Crippen MR) is 91.9 cm³/mol. The first-order chi connectivity index (χ1) is 11.1. The van der Waals surface area contributed by atoms with Crippen LogP contribution in [0.2, 0.25) is 0 Å². The first kappa shape index (κ1) is 17.5. The third-order valence-corrected chi connectivity index (χ3v) is 4.28. The zero-order valence-corrected chi connectivity index (χ0v) is 14.6. The molecule has 2 aromatic rings. The third kappa shape index (κ3) is 3.41. The molecule has 1 N–H and O–H groups in total. The Bertz CT molecular complexity index is 687. The SMILES string of the molecule is CCc1ccc2c(c1)c(C)c(C(=O)NCC(OC)OC)n2CC. The van der Waals surface area contributed by atoms with Crippen molar-refractivity contribution < 1.29 is 14.3 Å². The lowest BCUT2D eigenvalue weighted by atomic mass is 10.1. The molecule has 5 nitrogen and oxygen atoms in total. The molecular formula is C18H26N2O3. The van der Waals surface area contributed by atoms with Gasteiger partial charge in [0, 0.05) is 31.7 Å². The van der Waals surface area contributed by atoms with Gasteiger partial charge in [-0.25, -0.2) is 0 Å². The van der Waals surface area contributed by atoms with Crippen LogP contribution in [0.5, 0.6) is 0 Å². The van der Waals surface area contributed by atoms with Crippen molar-refractivity contribution in [2.75, 3.05) is 20.8 Å². The van der Waals surface area contributed by atoms with Crippen LogP contribution < -0.4 is 5.32 Å². The quantitative estimate of drug-likeness (QED) is 0.799. The Hall–Kier alpha value is -1.85. The molecule has 0 saturated carbocycles. The first-order valence-electron chi connectivity index (χ1n) is 8.02. The molecule has 5 heteroatoms. The van der Waals surface area contributed by atoms with Gasteiger partial charge in [0.15, 0.2) is 6.29 Å². The average Bonchev–Trinajstić information content (AvgIpc) is 2.87. The van der Waals surface area contributed by atoms with Crippen LogP contribution in [0.3, 0.4) is 0 Å². The van der Waals surface area contributed by atoms with Crippen molar-refractivity contribution in [2.24, 2.45) is 0 Å². The number of carbonyl (C=O) groups is 1. The lowest BCUT2D eigenvalue weighted by Gasteiger charge is -2.15. The molecule has 0 unspecified atom stereocenters. The highest BCUT2D eigenvalue weighted by molar-refractivity contribution is 6.01. The molecule has 0 aliphatic rings. The van der Waals surface area contributed by atoms with Gasteiger partial charge in [0.25, 0.3) is 5.91 Å². The second-order valence-electron chi connectivity index (χ2n) is 5.53. The summed E-state index contributed by atoms with van der Waals surface area (Å²) in [5, 5.41) is 4.04. The van der Waals surface area contributed by atoms with Gasteiger partial charge in [0.2, 0.25) is 0 Å². The summed E-state index contributed by atoms with van der Waals surface area (Å²) in [6, 6.07) is 6.41. The third-order valence-electron chi connectivity index (χ3n) is 4.28. The summed E-state index contributed by atoms with van der Waals surface area (Å²) in [6.45, 7) is 7.26. The maximum absolute atomic E-state index is 12.7. The van der Waals surface area contributed by atoms with E-state index in [1.54, 1.807) is 14.2 Å². The van der Waals surface area contributed by atoms with E-state index in [0.717, 1.165) is 29.4 Å². The Morgan fingerprint density at radius 3 is 2.52 bits per heavy atom. The van der Waals surface area contributed by atoms with Crippen LogP contribution in [0.1, 0.15) is 35.5 Å². The number of hydrogen-bond donors (Lipinski definition) is 1. The van der Waals surface area contributed by atoms with E-state index >= 15 is 0 Å². The normalized spacial score (nSPS) is 11.4. The Morgan fingerprint density at radius 1 is 1.26 bits per heavy atom. The van der Waals surface area contributed by atoms with Crippen LogP contribution in [-0.4, -0.2) is 37.5 Å². The van der Waals surface area contributed by atoms with Crippen LogP contribution in [-0.2, 0) is 22.4 Å². The maximum Gasteiger partial charge on any atom is 0.268 e. The van der Waals surface area contributed by atoms with E-state index in [2.05, 4.69) is 41.9 Å². The number of aromatic nitrogens is 1. The van der Waals surface area contributed by atoms with E-state index in [0.29, 0.717) is 12.2 Å². The molecule has 23 heavy (non-hydrogen) atoms.